The summed E-state index contributed by atoms with van der Waals surface area (Å²) in [5.74, 6) is -2.28. The highest BCUT2D eigenvalue weighted by molar-refractivity contribution is 4.94. The van der Waals surface area contributed by atoms with Crippen LogP contribution in [-0.4, -0.2) is 18.6 Å². The molecule has 0 rings (SSSR count). The van der Waals surface area contributed by atoms with Gasteiger partial charge in [-0.2, -0.15) is 8.78 Å². The summed E-state index contributed by atoms with van der Waals surface area (Å²) in [4.78, 5) is 0. The molecule has 0 saturated carbocycles. The lowest BCUT2D eigenvalue weighted by atomic mass is 10.1. The third-order valence-corrected chi connectivity index (χ3v) is 1.88. The summed E-state index contributed by atoms with van der Waals surface area (Å²) in [6.07, 6.45) is 3.99. The second-order valence-corrected chi connectivity index (χ2v) is 4.49. The first-order chi connectivity index (χ1) is 6.83. The number of rotatable bonds is 7. The fourth-order valence-electron chi connectivity index (χ4n) is 1.01. The van der Waals surface area contributed by atoms with Gasteiger partial charge in [-0.05, 0) is 38.7 Å². The van der Waals surface area contributed by atoms with Gasteiger partial charge in [-0.15, -0.1) is 0 Å². The average Bonchev–Trinajstić information content (AvgIpc) is 2.09. The minimum Gasteiger partial charge on any atom is -0.372 e. The minimum atomic E-state index is -2.83. The van der Waals surface area contributed by atoms with Crippen molar-refractivity contribution in [3.05, 3.63) is 12.2 Å². The van der Waals surface area contributed by atoms with Crippen molar-refractivity contribution in [2.45, 2.75) is 52.6 Å². The lowest BCUT2D eigenvalue weighted by Crippen LogP contribution is -2.23. The summed E-state index contributed by atoms with van der Waals surface area (Å²) in [6, 6.07) is 0. The zero-order valence-electron chi connectivity index (χ0n) is 10.1. The van der Waals surface area contributed by atoms with Crippen LogP contribution in [0.1, 0.15) is 40.5 Å². The van der Waals surface area contributed by atoms with Crippen LogP contribution >= 0.6 is 0 Å². The second-order valence-electron chi connectivity index (χ2n) is 4.49. The third-order valence-electron chi connectivity index (χ3n) is 1.88. The Bertz CT molecular complexity index is 186. The van der Waals surface area contributed by atoms with E-state index in [1.807, 2.05) is 0 Å². The molecule has 0 atom stereocenters. The van der Waals surface area contributed by atoms with Gasteiger partial charge in [0.25, 0.3) is 5.92 Å². The lowest BCUT2D eigenvalue weighted by Gasteiger charge is -2.14. The predicted octanol–water partition coefficient (Wildman–Crippen LogP) is 4.04. The summed E-state index contributed by atoms with van der Waals surface area (Å²) in [7, 11) is 0. The van der Waals surface area contributed by atoms with E-state index in [1.165, 1.54) is 0 Å². The topological polar surface area (TPSA) is 9.23 Å². The predicted molar refractivity (Wildman–Crippen MR) is 59.2 cm³/mol. The fraction of sp³-hybridized carbons (Fsp3) is 0.833. The Balaban J connectivity index is 3.80. The second kappa shape index (κ2) is 6.94. The highest BCUT2D eigenvalue weighted by Crippen LogP contribution is 2.17. The molecule has 0 spiro atoms. The molecule has 0 N–H and O–H groups in total. The van der Waals surface area contributed by atoms with Crippen molar-refractivity contribution >= 4 is 0 Å². The molecular weight excluding hydrogens is 198 g/mol. The van der Waals surface area contributed by atoms with Gasteiger partial charge in [0.1, 0.15) is 6.61 Å². The van der Waals surface area contributed by atoms with Gasteiger partial charge in [0.15, 0.2) is 0 Å². The van der Waals surface area contributed by atoms with Gasteiger partial charge in [-0.1, -0.05) is 19.9 Å². The van der Waals surface area contributed by atoms with Crippen molar-refractivity contribution in [2.75, 3.05) is 6.61 Å². The molecule has 0 aromatic rings. The molecule has 0 radical (unpaired) electrons. The van der Waals surface area contributed by atoms with Crippen molar-refractivity contribution in [2.24, 2.45) is 5.92 Å². The molecule has 0 aromatic heterocycles. The first-order valence-corrected chi connectivity index (χ1v) is 5.50. The maximum Gasteiger partial charge on any atom is 0.289 e. The van der Waals surface area contributed by atoms with E-state index < -0.39 is 12.5 Å². The van der Waals surface area contributed by atoms with Gasteiger partial charge in [0.05, 0.1) is 6.10 Å². The fourth-order valence-corrected chi connectivity index (χ4v) is 1.01. The summed E-state index contributed by atoms with van der Waals surface area (Å²) in [5, 5.41) is 0. The Labute approximate surface area is 91.5 Å². The van der Waals surface area contributed by atoms with Gasteiger partial charge in [-0.3, -0.25) is 0 Å². The van der Waals surface area contributed by atoms with Crippen LogP contribution in [-0.2, 0) is 4.74 Å². The van der Waals surface area contributed by atoms with E-state index in [-0.39, 0.29) is 6.10 Å². The Kier molecular flexibility index (Phi) is 6.73. The van der Waals surface area contributed by atoms with Crippen molar-refractivity contribution < 1.29 is 13.5 Å². The summed E-state index contributed by atoms with van der Waals surface area (Å²) < 4.78 is 31.1. The molecular formula is C12H22F2O. The van der Waals surface area contributed by atoms with Crippen molar-refractivity contribution in [1.82, 2.24) is 0 Å². The zero-order valence-corrected chi connectivity index (χ0v) is 10.1. The molecule has 0 aliphatic heterocycles. The van der Waals surface area contributed by atoms with E-state index in [9.17, 15) is 8.78 Å². The molecule has 0 aromatic carbocycles. The molecule has 0 unspecified atom stereocenters. The van der Waals surface area contributed by atoms with Gasteiger partial charge in [-0.25, -0.2) is 0 Å². The van der Waals surface area contributed by atoms with Gasteiger partial charge in [0, 0.05) is 0 Å². The van der Waals surface area contributed by atoms with Crippen LogP contribution in [0.2, 0.25) is 0 Å². The molecule has 0 saturated heterocycles. The summed E-state index contributed by atoms with van der Waals surface area (Å²) in [6.45, 7) is 7.13. The number of hydrogen-bond donors (Lipinski definition) is 0. The van der Waals surface area contributed by atoms with Crippen LogP contribution in [0.15, 0.2) is 12.2 Å². The van der Waals surface area contributed by atoms with Crippen LogP contribution in [0.4, 0.5) is 8.78 Å². The smallest absolute Gasteiger partial charge is 0.289 e. The SMILES string of the molecule is CC(C)CCC=CC(F)(F)COC(C)C. The van der Waals surface area contributed by atoms with Crippen LogP contribution in [0.5, 0.6) is 0 Å². The van der Waals surface area contributed by atoms with Gasteiger partial charge in [0.2, 0.25) is 0 Å². The van der Waals surface area contributed by atoms with E-state index >= 15 is 0 Å². The largest absolute Gasteiger partial charge is 0.372 e. The minimum absolute atomic E-state index is 0.153. The number of alkyl halides is 2. The Morgan fingerprint density at radius 1 is 1.20 bits per heavy atom. The van der Waals surface area contributed by atoms with Crippen molar-refractivity contribution in [3.8, 4) is 0 Å². The lowest BCUT2D eigenvalue weighted by molar-refractivity contribution is -0.0595. The number of hydrogen-bond acceptors (Lipinski definition) is 1. The first kappa shape index (κ1) is 14.6. The first-order valence-electron chi connectivity index (χ1n) is 5.50. The summed E-state index contributed by atoms with van der Waals surface area (Å²) >= 11 is 0. The standard InChI is InChI=1S/C12H22F2O/c1-10(2)7-5-6-8-12(13,14)9-15-11(3)4/h6,8,10-11H,5,7,9H2,1-4H3. The van der Waals surface area contributed by atoms with E-state index in [0.717, 1.165) is 12.5 Å². The van der Waals surface area contributed by atoms with Gasteiger partial charge < -0.3 is 4.74 Å². The molecule has 0 aliphatic rings. The number of halogens is 2. The van der Waals surface area contributed by atoms with Crippen LogP contribution in [0, 0.1) is 5.92 Å². The van der Waals surface area contributed by atoms with Crippen LogP contribution < -0.4 is 0 Å². The van der Waals surface area contributed by atoms with Crippen molar-refractivity contribution in [1.29, 1.82) is 0 Å². The number of ether oxygens (including phenoxy) is 1. The number of allylic oxidation sites excluding steroid dienone is 1. The monoisotopic (exact) mass is 220 g/mol. The molecule has 3 heteroatoms. The van der Waals surface area contributed by atoms with Crippen molar-refractivity contribution in [3.63, 3.8) is 0 Å². The molecule has 1 nitrogen and oxygen atoms in total. The molecule has 90 valence electrons. The van der Waals surface area contributed by atoms with E-state index in [0.29, 0.717) is 12.3 Å². The maximum atomic E-state index is 13.1. The molecule has 0 aliphatic carbocycles. The Morgan fingerprint density at radius 3 is 2.27 bits per heavy atom. The molecule has 0 bridgehead atoms. The maximum absolute atomic E-state index is 13.1. The molecule has 0 amide bonds. The highest BCUT2D eigenvalue weighted by Gasteiger charge is 2.25. The highest BCUT2D eigenvalue weighted by atomic mass is 19.3. The molecule has 0 heterocycles. The van der Waals surface area contributed by atoms with E-state index in [2.05, 4.69) is 13.8 Å². The van der Waals surface area contributed by atoms with Gasteiger partial charge >= 0.3 is 0 Å². The molecule has 15 heavy (non-hydrogen) atoms. The normalized spacial score (nSPS) is 13.3. The summed E-state index contributed by atoms with van der Waals surface area (Å²) in [5.41, 5.74) is 0. The average molecular weight is 220 g/mol. The van der Waals surface area contributed by atoms with E-state index in [1.54, 1.807) is 19.9 Å². The Morgan fingerprint density at radius 2 is 1.80 bits per heavy atom. The van der Waals surface area contributed by atoms with Crippen LogP contribution in [0.25, 0.3) is 0 Å². The zero-order chi connectivity index (χ0) is 11.9. The Hall–Kier alpha value is -0.440. The quantitative estimate of drug-likeness (QED) is 0.588. The van der Waals surface area contributed by atoms with E-state index in [4.69, 9.17) is 4.74 Å². The third kappa shape index (κ3) is 9.85. The molecule has 0 fully saturated rings. The van der Waals surface area contributed by atoms with Crippen LogP contribution in [0.3, 0.4) is 0 Å².